The monoisotopic (exact) mass is 434 g/mol. The molecule has 3 rings (SSSR count). The minimum atomic E-state index is -0.0706. The second-order valence-electron chi connectivity index (χ2n) is 8.09. The van der Waals surface area contributed by atoms with Gasteiger partial charge in [0.1, 0.15) is 17.1 Å². The highest BCUT2D eigenvalue weighted by atomic mass is 16.5. The molecular formula is C27H34N2O3. The van der Waals surface area contributed by atoms with E-state index in [1.54, 1.807) is 26.4 Å². The number of amides is 1. The number of aromatic nitrogens is 1. The van der Waals surface area contributed by atoms with E-state index >= 15 is 0 Å². The van der Waals surface area contributed by atoms with Crippen LogP contribution in [0.1, 0.15) is 53.4 Å². The summed E-state index contributed by atoms with van der Waals surface area (Å²) in [6.07, 6.45) is 5.22. The molecule has 0 aliphatic carbocycles. The van der Waals surface area contributed by atoms with Crippen molar-refractivity contribution in [2.75, 3.05) is 20.8 Å². The molecule has 0 bridgehead atoms. The third-order valence-corrected chi connectivity index (χ3v) is 5.67. The van der Waals surface area contributed by atoms with Crippen molar-refractivity contribution in [3.63, 3.8) is 0 Å². The fraction of sp³-hybridized carbons (Fsp3) is 0.370. The van der Waals surface area contributed by atoms with E-state index in [2.05, 4.69) is 54.9 Å². The first kappa shape index (κ1) is 23.5. The molecule has 3 aromatic rings. The lowest BCUT2D eigenvalue weighted by molar-refractivity contribution is 0.0729. The minimum Gasteiger partial charge on any atom is -0.496 e. The average Bonchev–Trinajstić information content (AvgIpc) is 3.23. The number of aryl methyl sites for hydroxylation is 1. The van der Waals surface area contributed by atoms with Crippen LogP contribution in [0.15, 0.2) is 60.8 Å². The van der Waals surface area contributed by atoms with Crippen molar-refractivity contribution in [2.45, 2.75) is 46.2 Å². The van der Waals surface area contributed by atoms with Gasteiger partial charge in [0.05, 0.1) is 20.8 Å². The van der Waals surface area contributed by atoms with Gasteiger partial charge in [0, 0.05) is 25.0 Å². The highest BCUT2D eigenvalue weighted by Gasteiger charge is 2.24. The van der Waals surface area contributed by atoms with Gasteiger partial charge >= 0.3 is 0 Å². The molecule has 2 aromatic carbocycles. The zero-order chi connectivity index (χ0) is 22.9. The molecule has 1 aromatic heterocycles. The number of carbonyl (C=O) groups excluding carboxylic acids is 1. The summed E-state index contributed by atoms with van der Waals surface area (Å²) in [5.74, 6) is 0.994. The summed E-state index contributed by atoms with van der Waals surface area (Å²) in [4.78, 5) is 15.6. The Hall–Kier alpha value is -3.21. The first-order valence-electron chi connectivity index (χ1n) is 11.3. The van der Waals surface area contributed by atoms with E-state index in [-0.39, 0.29) is 5.91 Å². The maximum Gasteiger partial charge on any atom is 0.261 e. The number of hydrogen-bond donors (Lipinski definition) is 0. The van der Waals surface area contributed by atoms with Crippen LogP contribution in [0.25, 0.3) is 0 Å². The average molecular weight is 435 g/mol. The van der Waals surface area contributed by atoms with Crippen LogP contribution in [0, 0.1) is 6.92 Å². The van der Waals surface area contributed by atoms with Crippen molar-refractivity contribution >= 4 is 5.91 Å². The van der Waals surface area contributed by atoms with Crippen molar-refractivity contribution in [1.29, 1.82) is 0 Å². The number of methoxy groups -OCH3 is 2. The summed E-state index contributed by atoms with van der Waals surface area (Å²) < 4.78 is 13.2. The standard InChI is InChI=1S/C27H34N2O3/c1-5-6-7-16-29(27(30)26-24(31-3)14-9-15-25(26)32-4)20-23-13-10-17-28(23)19-22-12-8-11-21(2)18-22/h8-15,17-18H,5-7,16,19-20H2,1-4H3. The normalized spacial score (nSPS) is 10.8. The Labute approximate surface area is 191 Å². The number of nitrogens with zero attached hydrogens (tertiary/aromatic N) is 2. The molecule has 1 heterocycles. The molecule has 0 fully saturated rings. The number of benzene rings is 2. The fourth-order valence-electron chi connectivity index (χ4n) is 3.98. The lowest BCUT2D eigenvalue weighted by atomic mass is 10.1. The van der Waals surface area contributed by atoms with Crippen molar-refractivity contribution in [3.8, 4) is 11.5 Å². The summed E-state index contributed by atoms with van der Waals surface area (Å²) in [5, 5.41) is 0. The third kappa shape index (κ3) is 5.72. The van der Waals surface area contributed by atoms with Gasteiger partial charge in [-0.05, 0) is 43.2 Å². The van der Waals surface area contributed by atoms with Crippen LogP contribution >= 0.6 is 0 Å². The van der Waals surface area contributed by atoms with Crippen LogP contribution in [0.3, 0.4) is 0 Å². The van der Waals surface area contributed by atoms with Crippen molar-refractivity contribution in [1.82, 2.24) is 9.47 Å². The van der Waals surface area contributed by atoms with Gasteiger partial charge in [0.15, 0.2) is 0 Å². The topological polar surface area (TPSA) is 43.7 Å². The summed E-state index contributed by atoms with van der Waals surface area (Å²) in [7, 11) is 3.17. The van der Waals surface area contributed by atoms with E-state index in [1.807, 2.05) is 17.0 Å². The highest BCUT2D eigenvalue weighted by Crippen LogP contribution is 2.30. The second kappa shape index (κ2) is 11.4. The molecule has 0 spiro atoms. The Balaban J connectivity index is 1.88. The highest BCUT2D eigenvalue weighted by molar-refractivity contribution is 5.99. The third-order valence-electron chi connectivity index (χ3n) is 5.67. The fourth-order valence-corrected chi connectivity index (χ4v) is 3.98. The van der Waals surface area contributed by atoms with Crippen molar-refractivity contribution in [2.24, 2.45) is 0 Å². The quantitative estimate of drug-likeness (QED) is 0.364. The Bertz CT molecular complexity index is 1000. The van der Waals surface area contributed by atoms with Crippen LogP contribution < -0.4 is 9.47 Å². The molecule has 0 N–H and O–H groups in total. The molecule has 0 aliphatic rings. The molecule has 0 aliphatic heterocycles. The van der Waals surface area contributed by atoms with Gasteiger partial charge in [-0.1, -0.05) is 55.7 Å². The number of ether oxygens (including phenoxy) is 2. The lowest BCUT2D eigenvalue weighted by Gasteiger charge is -2.25. The van der Waals surface area contributed by atoms with Crippen molar-refractivity contribution in [3.05, 3.63) is 83.2 Å². The Morgan fingerprint density at radius 3 is 2.34 bits per heavy atom. The van der Waals surface area contributed by atoms with Crippen LogP contribution in [-0.4, -0.2) is 36.1 Å². The number of hydrogen-bond acceptors (Lipinski definition) is 3. The van der Waals surface area contributed by atoms with Crippen molar-refractivity contribution < 1.29 is 14.3 Å². The Morgan fingerprint density at radius 2 is 1.69 bits per heavy atom. The zero-order valence-corrected chi connectivity index (χ0v) is 19.6. The smallest absolute Gasteiger partial charge is 0.261 e. The molecular weight excluding hydrogens is 400 g/mol. The molecule has 5 nitrogen and oxygen atoms in total. The van der Waals surface area contributed by atoms with E-state index in [0.717, 1.165) is 31.5 Å². The van der Waals surface area contributed by atoms with E-state index in [9.17, 15) is 4.79 Å². The van der Waals surface area contributed by atoms with Gasteiger partial charge in [0.25, 0.3) is 5.91 Å². The molecule has 1 amide bonds. The first-order chi connectivity index (χ1) is 15.6. The molecule has 170 valence electrons. The largest absolute Gasteiger partial charge is 0.496 e. The van der Waals surface area contributed by atoms with Crippen LogP contribution in [0.5, 0.6) is 11.5 Å². The number of rotatable bonds is 11. The van der Waals surface area contributed by atoms with Gasteiger partial charge in [-0.3, -0.25) is 4.79 Å². The predicted molar refractivity (Wildman–Crippen MR) is 129 cm³/mol. The van der Waals surface area contributed by atoms with E-state index < -0.39 is 0 Å². The van der Waals surface area contributed by atoms with Gasteiger partial charge in [-0.2, -0.15) is 0 Å². The molecule has 0 saturated carbocycles. The van der Waals surface area contributed by atoms with Gasteiger partial charge in [0.2, 0.25) is 0 Å². The van der Waals surface area contributed by atoms with E-state index in [1.165, 1.54) is 11.1 Å². The second-order valence-corrected chi connectivity index (χ2v) is 8.09. The zero-order valence-electron chi connectivity index (χ0n) is 19.6. The number of carbonyl (C=O) groups is 1. The SMILES string of the molecule is CCCCCN(Cc1cccn1Cc1cccc(C)c1)C(=O)c1c(OC)cccc1OC. The van der Waals surface area contributed by atoms with E-state index in [0.29, 0.717) is 30.2 Å². The molecule has 0 unspecified atom stereocenters. The molecule has 32 heavy (non-hydrogen) atoms. The first-order valence-corrected chi connectivity index (χ1v) is 11.3. The maximum absolute atomic E-state index is 13.7. The molecule has 0 saturated heterocycles. The minimum absolute atomic E-state index is 0.0706. The summed E-state index contributed by atoms with van der Waals surface area (Å²) >= 11 is 0. The van der Waals surface area contributed by atoms with Crippen LogP contribution in [-0.2, 0) is 13.1 Å². The van der Waals surface area contributed by atoms with Gasteiger partial charge in [-0.25, -0.2) is 0 Å². The molecule has 5 heteroatoms. The summed E-state index contributed by atoms with van der Waals surface area (Å²) in [6.45, 7) is 6.27. The number of unbranched alkanes of at least 4 members (excludes halogenated alkanes) is 2. The van der Waals surface area contributed by atoms with Crippen LogP contribution in [0.2, 0.25) is 0 Å². The Morgan fingerprint density at radius 1 is 0.969 bits per heavy atom. The summed E-state index contributed by atoms with van der Waals surface area (Å²) in [6, 6.07) is 18.1. The maximum atomic E-state index is 13.7. The summed E-state index contributed by atoms with van der Waals surface area (Å²) in [5.41, 5.74) is 4.07. The van der Waals surface area contributed by atoms with Crippen LogP contribution in [0.4, 0.5) is 0 Å². The lowest BCUT2D eigenvalue weighted by Crippen LogP contribution is -2.33. The molecule has 0 radical (unpaired) electrons. The predicted octanol–water partition coefficient (Wildman–Crippen LogP) is 5.69. The Kier molecular flexibility index (Phi) is 8.37. The van der Waals surface area contributed by atoms with E-state index in [4.69, 9.17) is 9.47 Å². The van der Waals surface area contributed by atoms with Gasteiger partial charge < -0.3 is 18.9 Å². The molecule has 0 atom stereocenters. The van der Waals surface area contributed by atoms with Gasteiger partial charge in [-0.15, -0.1) is 0 Å².